The molecule has 0 radical (unpaired) electrons. The quantitative estimate of drug-likeness (QED) is 0.185. The van der Waals surface area contributed by atoms with Gasteiger partial charge in [0, 0.05) is 32.8 Å². The van der Waals surface area contributed by atoms with E-state index in [9.17, 15) is 0 Å². The molecule has 0 N–H and O–H groups in total. The average Bonchev–Trinajstić information content (AvgIpc) is 3.74. The number of fused-ring (bicyclic) bond motifs is 6. The molecule has 0 amide bonds. The van der Waals surface area contributed by atoms with Crippen LogP contribution in [0.4, 0.5) is 0 Å². The Bertz CT molecular complexity index is 2760. The Balaban J connectivity index is 1.36. The van der Waals surface area contributed by atoms with E-state index < -0.39 is 0 Å². The van der Waals surface area contributed by atoms with E-state index in [1.165, 1.54) is 16.3 Å². The second-order valence-corrected chi connectivity index (χ2v) is 12.3. The van der Waals surface area contributed by atoms with Crippen LogP contribution in [0.2, 0.25) is 0 Å². The van der Waals surface area contributed by atoms with E-state index in [-0.39, 0.29) is 0 Å². The van der Waals surface area contributed by atoms with Gasteiger partial charge in [-0.1, -0.05) is 152 Å². The Kier molecular flexibility index (Phi) is 5.91. The predicted octanol–water partition coefficient (Wildman–Crippen LogP) is 13.3. The lowest BCUT2D eigenvalue weighted by Gasteiger charge is -2.18. The van der Waals surface area contributed by atoms with Crippen molar-refractivity contribution in [3.63, 3.8) is 0 Å². The van der Waals surface area contributed by atoms with Crippen molar-refractivity contribution < 1.29 is 8.83 Å². The van der Waals surface area contributed by atoms with Crippen LogP contribution in [0.5, 0.6) is 0 Å². The number of benzene rings is 8. The fourth-order valence-corrected chi connectivity index (χ4v) is 7.66. The number of hydrogen-bond donors (Lipinski definition) is 0. The van der Waals surface area contributed by atoms with Crippen molar-refractivity contribution in [2.24, 2.45) is 0 Å². The molecular formula is C46H28O2. The first-order valence-corrected chi connectivity index (χ1v) is 16.4. The summed E-state index contributed by atoms with van der Waals surface area (Å²) in [5.41, 5.74) is 10.6. The maximum absolute atomic E-state index is 6.87. The van der Waals surface area contributed by atoms with Gasteiger partial charge in [0.1, 0.15) is 22.5 Å². The highest BCUT2D eigenvalue weighted by Gasteiger charge is 2.25. The SMILES string of the molecule is c1ccc(-c2c(-c3c4ccccc4c(-c4ccc(-c5ccccc5)c5oc6ccccc6c45)c4ccccc34)oc3ccccc23)cc1. The Morgan fingerprint density at radius 2 is 0.750 bits per heavy atom. The van der Waals surface area contributed by atoms with Gasteiger partial charge in [-0.15, -0.1) is 0 Å². The number of para-hydroxylation sites is 2. The van der Waals surface area contributed by atoms with Gasteiger partial charge in [0.05, 0.1) is 0 Å². The van der Waals surface area contributed by atoms with Crippen LogP contribution in [-0.2, 0) is 0 Å². The number of furan rings is 2. The van der Waals surface area contributed by atoms with E-state index in [0.717, 1.165) is 82.8 Å². The third-order valence-corrected chi connectivity index (χ3v) is 9.70. The van der Waals surface area contributed by atoms with Crippen LogP contribution in [0.15, 0.2) is 179 Å². The largest absolute Gasteiger partial charge is 0.455 e. The molecule has 0 bridgehead atoms. The molecule has 0 fully saturated rings. The summed E-state index contributed by atoms with van der Waals surface area (Å²) in [5, 5.41) is 7.99. The molecule has 2 aromatic heterocycles. The van der Waals surface area contributed by atoms with Crippen molar-refractivity contribution in [1.82, 2.24) is 0 Å². The monoisotopic (exact) mass is 612 g/mol. The van der Waals surface area contributed by atoms with E-state index >= 15 is 0 Å². The molecule has 0 spiro atoms. The minimum Gasteiger partial charge on any atom is -0.455 e. The molecule has 8 aromatic carbocycles. The van der Waals surface area contributed by atoms with Crippen molar-refractivity contribution in [2.75, 3.05) is 0 Å². The minimum atomic E-state index is 0.881. The fourth-order valence-electron chi connectivity index (χ4n) is 7.66. The molecule has 2 nitrogen and oxygen atoms in total. The lowest BCUT2D eigenvalue weighted by atomic mass is 9.84. The predicted molar refractivity (Wildman–Crippen MR) is 200 cm³/mol. The average molecular weight is 613 g/mol. The van der Waals surface area contributed by atoms with E-state index in [2.05, 4.69) is 158 Å². The molecule has 10 rings (SSSR count). The molecule has 10 aromatic rings. The van der Waals surface area contributed by atoms with Crippen molar-refractivity contribution in [3.05, 3.63) is 170 Å². The molecular weight excluding hydrogens is 585 g/mol. The summed E-state index contributed by atoms with van der Waals surface area (Å²) in [5.74, 6) is 0.889. The normalized spacial score (nSPS) is 11.8. The zero-order valence-corrected chi connectivity index (χ0v) is 26.0. The maximum atomic E-state index is 6.87. The van der Waals surface area contributed by atoms with E-state index in [0.29, 0.717) is 0 Å². The Labute approximate surface area is 277 Å². The van der Waals surface area contributed by atoms with Gasteiger partial charge in [-0.25, -0.2) is 0 Å². The van der Waals surface area contributed by atoms with Crippen molar-refractivity contribution >= 4 is 54.5 Å². The zero-order valence-electron chi connectivity index (χ0n) is 26.0. The Hall–Kier alpha value is -6.38. The first-order valence-electron chi connectivity index (χ1n) is 16.4. The summed E-state index contributed by atoms with van der Waals surface area (Å²) >= 11 is 0. The van der Waals surface area contributed by atoms with Gasteiger partial charge >= 0.3 is 0 Å². The second-order valence-electron chi connectivity index (χ2n) is 12.3. The highest BCUT2D eigenvalue weighted by molar-refractivity contribution is 6.27. The molecule has 0 aliphatic heterocycles. The smallest absolute Gasteiger partial charge is 0.144 e. The summed E-state index contributed by atoms with van der Waals surface area (Å²) in [6, 6.07) is 60.0. The van der Waals surface area contributed by atoms with E-state index in [4.69, 9.17) is 8.83 Å². The fraction of sp³-hybridized carbons (Fsp3) is 0. The second kappa shape index (κ2) is 10.6. The summed E-state index contributed by atoms with van der Waals surface area (Å²) in [4.78, 5) is 0. The van der Waals surface area contributed by atoms with Crippen LogP contribution in [-0.4, -0.2) is 0 Å². The maximum Gasteiger partial charge on any atom is 0.144 e. The van der Waals surface area contributed by atoms with Crippen LogP contribution >= 0.6 is 0 Å². The minimum absolute atomic E-state index is 0.881. The lowest BCUT2D eigenvalue weighted by molar-refractivity contribution is 0.634. The van der Waals surface area contributed by atoms with Crippen LogP contribution < -0.4 is 0 Å². The molecule has 0 saturated carbocycles. The zero-order chi connectivity index (χ0) is 31.6. The molecule has 0 atom stereocenters. The van der Waals surface area contributed by atoms with Gasteiger partial charge in [0.2, 0.25) is 0 Å². The van der Waals surface area contributed by atoms with Crippen molar-refractivity contribution in [3.8, 4) is 44.7 Å². The van der Waals surface area contributed by atoms with Crippen LogP contribution in [0, 0.1) is 0 Å². The van der Waals surface area contributed by atoms with Gasteiger partial charge in [-0.2, -0.15) is 0 Å². The van der Waals surface area contributed by atoms with Gasteiger partial charge in [0.25, 0.3) is 0 Å². The van der Waals surface area contributed by atoms with Crippen molar-refractivity contribution in [2.45, 2.75) is 0 Å². The van der Waals surface area contributed by atoms with Crippen molar-refractivity contribution in [1.29, 1.82) is 0 Å². The third-order valence-electron chi connectivity index (χ3n) is 9.70. The Morgan fingerprint density at radius 1 is 0.292 bits per heavy atom. The Morgan fingerprint density at radius 3 is 1.38 bits per heavy atom. The lowest BCUT2D eigenvalue weighted by Crippen LogP contribution is -1.92. The van der Waals surface area contributed by atoms with E-state index in [1.54, 1.807) is 0 Å². The number of hydrogen-bond acceptors (Lipinski definition) is 2. The molecule has 224 valence electrons. The summed E-state index contributed by atoms with van der Waals surface area (Å²) in [7, 11) is 0. The highest BCUT2D eigenvalue weighted by atomic mass is 16.3. The summed E-state index contributed by atoms with van der Waals surface area (Å²) in [6.07, 6.45) is 0. The van der Waals surface area contributed by atoms with E-state index in [1.807, 2.05) is 12.1 Å². The summed E-state index contributed by atoms with van der Waals surface area (Å²) in [6.45, 7) is 0. The summed E-state index contributed by atoms with van der Waals surface area (Å²) < 4.78 is 13.6. The molecule has 2 heteroatoms. The topological polar surface area (TPSA) is 26.3 Å². The molecule has 0 saturated heterocycles. The number of rotatable bonds is 4. The third kappa shape index (κ3) is 3.93. The van der Waals surface area contributed by atoms with Crippen LogP contribution in [0.1, 0.15) is 0 Å². The van der Waals surface area contributed by atoms with Gasteiger partial charge in [-0.05, 0) is 62.0 Å². The molecule has 2 heterocycles. The molecule has 0 unspecified atom stereocenters. The molecule has 48 heavy (non-hydrogen) atoms. The van der Waals surface area contributed by atoms with Gasteiger partial charge in [-0.3, -0.25) is 0 Å². The first kappa shape index (κ1) is 26.8. The van der Waals surface area contributed by atoms with Crippen LogP contribution in [0.3, 0.4) is 0 Å². The first-order chi connectivity index (χ1) is 23.8. The molecule has 0 aliphatic rings. The molecule has 0 aliphatic carbocycles. The standard InChI is InChI=1S/C46H28O2/c1-3-15-29(16-4-1)31-27-28-38(44-37-24-12-14-26-40(37)47-45(31)44)42-32-19-7-9-21-34(32)43(35-22-10-8-20-33(35)42)46-41(30-17-5-2-6-18-30)36-23-11-13-25-39(36)48-46/h1-28H. The van der Waals surface area contributed by atoms with Gasteiger partial charge in [0.15, 0.2) is 0 Å². The van der Waals surface area contributed by atoms with Gasteiger partial charge < -0.3 is 8.83 Å². The highest BCUT2D eigenvalue weighted by Crippen LogP contribution is 2.51. The van der Waals surface area contributed by atoms with Crippen LogP contribution in [0.25, 0.3) is 99.2 Å².